The first-order valence-electron chi connectivity index (χ1n) is 10.4. The molecule has 1 fully saturated rings. The van der Waals surface area contributed by atoms with Crippen molar-refractivity contribution in [2.24, 2.45) is 0 Å². The topological polar surface area (TPSA) is 104 Å². The fraction of sp³-hybridized carbons (Fsp3) is 0.318. The van der Waals surface area contributed by atoms with E-state index in [0.29, 0.717) is 17.5 Å². The molecule has 32 heavy (non-hydrogen) atoms. The van der Waals surface area contributed by atoms with Crippen molar-refractivity contribution >= 4 is 35.0 Å². The fourth-order valence-corrected chi connectivity index (χ4v) is 3.96. The number of anilines is 2. The summed E-state index contributed by atoms with van der Waals surface area (Å²) in [5.74, 6) is 0.603. The van der Waals surface area contributed by atoms with E-state index in [1.165, 1.54) is 11.8 Å². The Hall–Kier alpha value is -3.40. The van der Waals surface area contributed by atoms with Gasteiger partial charge in [0.25, 0.3) is 5.22 Å². The maximum Gasteiger partial charge on any atom is 0.277 e. The van der Waals surface area contributed by atoms with Crippen LogP contribution in [0.4, 0.5) is 11.4 Å². The second-order valence-corrected chi connectivity index (χ2v) is 8.14. The summed E-state index contributed by atoms with van der Waals surface area (Å²) in [6.45, 7) is 4.98. The van der Waals surface area contributed by atoms with Gasteiger partial charge >= 0.3 is 0 Å². The molecule has 0 radical (unpaired) electrons. The highest BCUT2D eigenvalue weighted by Gasteiger charge is 2.20. The van der Waals surface area contributed by atoms with Crippen LogP contribution in [0.15, 0.2) is 58.4 Å². The van der Waals surface area contributed by atoms with E-state index in [1.54, 1.807) is 24.5 Å². The first-order chi connectivity index (χ1) is 15.6. The molecule has 2 aromatic heterocycles. The number of nitrogens with one attached hydrogen (secondary N) is 1. The van der Waals surface area contributed by atoms with Gasteiger partial charge in [0.05, 0.1) is 5.75 Å². The van der Waals surface area contributed by atoms with Crippen LogP contribution in [0.2, 0.25) is 0 Å². The van der Waals surface area contributed by atoms with Gasteiger partial charge in [-0.05, 0) is 36.4 Å². The molecule has 0 unspecified atom stereocenters. The van der Waals surface area contributed by atoms with Crippen molar-refractivity contribution in [1.29, 1.82) is 0 Å². The van der Waals surface area contributed by atoms with Crippen molar-refractivity contribution in [2.75, 3.05) is 42.1 Å². The van der Waals surface area contributed by atoms with Gasteiger partial charge in [-0.1, -0.05) is 18.7 Å². The molecule has 9 nitrogen and oxygen atoms in total. The number of rotatable bonds is 7. The summed E-state index contributed by atoms with van der Waals surface area (Å²) in [4.78, 5) is 32.2. The van der Waals surface area contributed by atoms with Crippen molar-refractivity contribution in [3.8, 4) is 11.5 Å². The molecule has 10 heteroatoms. The quantitative estimate of drug-likeness (QED) is 0.546. The molecule has 1 aliphatic heterocycles. The molecule has 2 amide bonds. The van der Waals surface area contributed by atoms with Crippen LogP contribution in [0.1, 0.15) is 13.3 Å². The standard InChI is InChI=1S/C22H24N6O3S/c1-2-20(30)28-13-11-27(12-14-28)18-5-3-17(4-6-18)24-19(29)15-32-22-26-25-21(31-22)16-7-9-23-10-8-16/h3-10H,2,11-15H2,1H3,(H,24,29). The molecule has 0 spiro atoms. The predicted octanol–water partition coefficient (Wildman–Crippen LogP) is 2.92. The van der Waals surface area contributed by atoms with Crippen LogP contribution in [0.25, 0.3) is 11.5 Å². The number of nitrogens with zero attached hydrogens (tertiary/aromatic N) is 5. The highest BCUT2D eigenvalue weighted by molar-refractivity contribution is 7.99. The molecule has 0 saturated carbocycles. The number of carbonyl (C=O) groups is 2. The van der Waals surface area contributed by atoms with Gasteiger partial charge in [-0.2, -0.15) is 0 Å². The van der Waals surface area contributed by atoms with Crippen LogP contribution >= 0.6 is 11.8 Å². The number of benzene rings is 1. The number of pyridine rings is 1. The average Bonchev–Trinajstić information content (AvgIpc) is 3.33. The minimum absolute atomic E-state index is 0.155. The maximum atomic E-state index is 12.3. The summed E-state index contributed by atoms with van der Waals surface area (Å²) in [6.07, 6.45) is 3.85. The number of carbonyl (C=O) groups excluding carboxylic acids is 2. The van der Waals surface area contributed by atoms with Crippen molar-refractivity contribution < 1.29 is 14.0 Å². The molecule has 1 N–H and O–H groups in total. The number of amides is 2. The minimum Gasteiger partial charge on any atom is -0.411 e. The van der Waals surface area contributed by atoms with E-state index >= 15 is 0 Å². The van der Waals surface area contributed by atoms with Gasteiger partial charge in [-0.15, -0.1) is 10.2 Å². The molecule has 3 heterocycles. The molecule has 0 atom stereocenters. The van der Waals surface area contributed by atoms with Crippen LogP contribution in [0, 0.1) is 0 Å². The molecule has 166 valence electrons. The van der Waals surface area contributed by atoms with E-state index in [4.69, 9.17) is 4.42 Å². The lowest BCUT2D eigenvalue weighted by atomic mass is 10.2. The van der Waals surface area contributed by atoms with Crippen molar-refractivity contribution in [2.45, 2.75) is 18.6 Å². The summed E-state index contributed by atoms with van der Waals surface area (Å²) in [7, 11) is 0. The Balaban J connectivity index is 1.25. The second-order valence-electron chi connectivity index (χ2n) is 7.21. The zero-order valence-electron chi connectivity index (χ0n) is 17.7. The van der Waals surface area contributed by atoms with E-state index < -0.39 is 0 Å². The number of hydrogen-bond donors (Lipinski definition) is 1. The molecule has 4 rings (SSSR count). The SMILES string of the molecule is CCC(=O)N1CCN(c2ccc(NC(=O)CSc3nnc(-c4ccncc4)o3)cc2)CC1. The highest BCUT2D eigenvalue weighted by Crippen LogP contribution is 2.23. The van der Waals surface area contributed by atoms with E-state index in [1.807, 2.05) is 36.1 Å². The summed E-state index contributed by atoms with van der Waals surface area (Å²) in [6, 6.07) is 11.3. The van der Waals surface area contributed by atoms with Gasteiger partial charge in [0.1, 0.15) is 0 Å². The Kier molecular flexibility index (Phi) is 7.00. The zero-order valence-corrected chi connectivity index (χ0v) is 18.5. The van der Waals surface area contributed by atoms with E-state index in [0.717, 1.165) is 43.1 Å². The third-order valence-electron chi connectivity index (χ3n) is 5.11. The van der Waals surface area contributed by atoms with Gasteiger partial charge < -0.3 is 19.5 Å². The van der Waals surface area contributed by atoms with E-state index in [9.17, 15) is 9.59 Å². The first kappa shape index (κ1) is 21.8. The molecule has 1 aliphatic rings. The van der Waals surface area contributed by atoms with Gasteiger partial charge in [0.15, 0.2) is 0 Å². The lowest BCUT2D eigenvalue weighted by Crippen LogP contribution is -2.48. The Morgan fingerprint density at radius 2 is 1.75 bits per heavy atom. The highest BCUT2D eigenvalue weighted by atomic mass is 32.2. The van der Waals surface area contributed by atoms with Crippen molar-refractivity contribution in [3.63, 3.8) is 0 Å². The van der Waals surface area contributed by atoms with Gasteiger partial charge in [-0.3, -0.25) is 14.6 Å². The lowest BCUT2D eigenvalue weighted by molar-refractivity contribution is -0.131. The first-order valence-corrected chi connectivity index (χ1v) is 11.4. The summed E-state index contributed by atoms with van der Waals surface area (Å²) >= 11 is 1.19. The number of aromatic nitrogens is 3. The average molecular weight is 453 g/mol. The lowest BCUT2D eigenvalue weighted by Gasteiger charge is -2.36. The normalized spacial score (nSPS) is 13.8. The van der Waals surface area contributed by atoms with Crippen LogP contribution in [0.5, 0.6) is 0 Å². The molecule has 1 saturated heterocycles. The van der Waals surface area contributed by atoms with E-state index in [2.05, 4.69) is 25.4 Å². The van der Waals surface area contributed by atoms with Gasteiger partial charge in [0.2, 0.25) is 17.7 Å². The minimum atomic E-state index is -0.155. The smallest absolute Gasteiger partial charge is 0.277 e. The third-order valence-corrected chi connectivity index (χ3v) is 5.93. The molecule has 1 aromatic carbocycles. The maximum absolute atomic E-state index is 12.3. The van der Waals surface area contributed by atoms with E-state index in [-0.39, 0.29) is 17.6 Å². The van der Waals surface area contributed by atoms with Crippen molar-refractivity contribution in [3.05, 3.63) is 48.8 Å². The molecule has 0 aliphatic carbocycles. The zero-order chi connectivity index (χ0) is 22.3. The Morgan fingerprint density at radius 3 is 2.44 bits per heavy atom. The molecular formula is C22H24N6O3S. The Labute approximate surface area is 190 Å². The third kappa shape index (κ3) is 5.44. The summed E-state index contributed by atoms with van der Waals surface area (Å²) < 4.78 is 5.59. The summed E-state index contributed by atoms with van der Waals surface area (Å²) in [5, 5.41) is 11.2. The fourth-order valence-electron chi connectivity index (χ4n) is 3.40. The second kappa shape index (κ2) is 10.3. The number of piperazine rings is 1. The summed E-state index contributed by atoms with van der Waals surface area (Å²) in [5.41, 5.74) is 2.58. The van der Waals surface area contributed by atoms with Crippen molar-refractivity contribution in [1.82, 2.24) is 20.1 Å². The van der Waals surface area contributed by atoms with Gasteiger partial charge in [-0.25, -0.2) is 0 Å². The Morgan fingerprint density at radius 1 is 1.03 bits per heavy atom. The molecular weight excluding hydrogens is 428 g/mol. The number of thioether (sulfide) groups is 1. The predicted molar refractivity (Wildman–Crippen MR) is 122 cm³/mol. The van der Waals surface area contributed by atoms with Crippen LogP contribution in [-0.4, -0.2) is 63.8 Å². The van der Waals surface area contributed by atoms with Gasteiger partial charge in [0, 0.05) is 61.9 Å². The largest absolute Gasteiger partial charge is 0.411 e. The molecule has 3 aromatic rings. The molecule has 0 bridgehead atoms. The number of hydrogen-bond acceptors (Lipinski definition) is 8. The monoisotopic (exact) mass is 452 g/mol. The Bertz CT molecular complexity index is 1050. The van der Waals surface area contributed by atoms with Crippen LogP contribution < -0.4 is 10.2 Å². The van der Waals surface area contributed by atoms with Crippen LogP contribution in [0.3, 0.4) is 0 Å². The van der Waals surface area contributed by atoms with Crippen LogP contribution in [-0.2, 0) is 9.59 Å².